The van der Waals surface area contributed by atoms with Gasteiger partial charge >= 0.3 is 0 Å². The molecule has 1 saturated carbocycles. The summed E-state index contributed by atoms with van der Waals surface area (Å²) in [5.74, 6) is 0.616. The van der Waals surface area contributed by atoms with E-state index in [9.17, 15) is 9.59 Å². The Morgan fingerprint density at radius 1 is 1.07 bits per heavy atom. The van der Waals surface area contributed by atoms with Crippen molar-refractivity contribution in [2.45, 2.75) is 39.7 Å². The highest BCUT2D eigenvalue weighted by molar-refractivity contribution is 5.94. The van der Waals surface area contributed by atoms with Gasteiger partial charge in [-0.15, -0.1) is 0 Å². The zero-order chi connectivity index (χ0) is 20.1. The van der Waals surface area contributed by atoms with Crippen molar-refractivity contribution in [3.05, 3.63) is 29.8 Å². The highest BCUT2D eigenvalue weighted by Gasteiger charge is 2.34. The molecule has 0 bridgehead atoms. The lowest BCUT2D eigenvalue weighted by Crippen LogP contribution is -2.49. The molecular weight excluding hydrogens is 352 g/mol. The van der Waals surface area contributed by atoms with Crippen LogP contribution < -0.4 is 10.2 Å². The van der Waals surface area contributed by atoms with Gasteiger partial charge in [0.15, 0.2) is 0 Å². The fourth-order valence-corrected chi connectivity index (χ4v) is 3.92. The van der Waals surface area contributed by atoms with Gasteiger partial charge in [0.05, 0.1) is 0 Å². The molecule has 1 aliphatic heterocycles. The van der Waals surface area contributed by atoms with Crippen molar-refractivity contribution in [3.8, 4) is 0 Å². The number of nitrogens with zero attached hydrogens (tertiary/aromatic N) is 3. The van der Waals surface area contributed by atoms with Gasteiger partial charge in [-0.1, -0.05) is 13.8 Å². The lowest BCUT2D eigenvalue weighted by atomic mass is 10.1. The summed E-state index contributed by atoms with van der Waals surface area (Å²) in [5, 5.41) is 3.04. The number of carbonyl (C=O) groups excluding carboxylic acids is 2. The maximum atomic E-state index is 12.4. The van der Waals surface area contributed by atoms with Crippen LogP contribution in [0.15, 0.2) is 24.3 Å². The van der Waals surface area contributed by atoms with Gasteiger partial charge in [0.1, 0.15) is 0 Å². The molecule has 6 nitrogen and oxygen atoms in total. The summed E-state index contributed by atoms with van der Waals surface area (Å²) in [7, 11) is 0. The van der Waals surface area contributed by atoms with Gasteiger partial charge in [-0.2, -0.15) is 0 Å². The van der Waals surface area contributed by atoms with E-state index in [0.29, 0.717) is 30.0 Å². The SMILES string of the molecule is CCN(CC)C(C)CNC(=O)c1ccc(N2CCN(C(=O)C3CC3)CC2)cc1. The normalized spacial score (nSPS) is 18.3. The van der Waals surface area contributed by atoms with E-state index in [2.05, 4.69) is 35.9 Å². The second-order valence-corrected chi connectivity index (χ2v) is 7.91. The molecule has 6 heteroatoms. The van der Waals surface area contributed by atoms with Crippen molar-refractivity contribution >= 4 is 17.5 Å². The van der Waals surface area contributed by atoms with Crippen LogP contribution in [-0.2, 0) is 4.79 Å². The van der Waals surface area contributed by atoms with Crippen LogP contribution >= 0.6 is 0 Å². The number of hydrogen-bond donors (Lipinski definition) is 1. The predicted molar refractivity (Wildman–Crippen MR) is 113 cm³/mol. The van der Waals surface area contributed by atoms with Crippen LogP contribution in [0.25, 0.3) is 0 Å². The molecule has 2 fully saturated rings. The quantitative estimate of drug-likeness (QED) is 0.744. The van der Waals surface area contributed by atoms with E-state index in [1.165, 1.54) is 0 Å². The van der Waals surface area contributed by atoms with Crippen LogP contribution in [0.5, 0.6) is 0 Å². The first-order chi connectivity index (χ1) is 13.5. The first kappa shape index (κ1) is 20.6. The second-order valence-electron chi connectivity index (χ2n) is 7.91. The van der Waals surface area contributed by atoms with E-state index in [1.807, 2.05) is 29.2 Å². The van der Waals surface area contributed by atoms with Crippen LogP contribution in [-0.4, -0.2) is 73.5 Å². The highest BCUT2D eigenvalue weighted by atomic mass is 16.2. The summed E-state index contributed by atoms with van der Waals surface area (Å²) in [6, 6.07) is 8.15. The maximum absolute atomic E-state index is 12.4. The molecule has 1 unspecified atom stereocenters. The number of benzene rings is 1. The Labute approximate surface area is 168 Å². The Kier molecular flexibility index (Phi) is 6.94. The molecule has 1 aliphatic carbocycles. The van der Waals surface area contributed by atoms with Crippen molar-refractivity contribution in [2.75, 3.05) is 50.7 Å². The average Bonchev–Trinajstić information content (AvgIpc) is 3.58. The zero-order valence-corrected chi connectivity index (χ0v) is 17.5. The predicted octanol–water partition coefficient (Wildman–Crippen LogP) is 2.21. The molecule has 0 aromatic heterocycles. The van der Waals surface area contributed by atoms with Crippen LogP contribution in [0.2, 0.25) is 0 Å². The molecular formula is C22H34N4O2. The molecule has 2 aliphatic rings. The van der Waals surface area contributed by atoms with Gasteiger partial charge in [0.25, 0.3) is 5.91 Å². The molecule has 2 amide bonds. The van der Waals surface area contributed by atoms with E-state index in [0.717, 1.165) is 57.8 Å². The number of carbonyl (C=O) groups is 2. The fraction of sp³-hybridized carbons (Fsp3) is 0.636. The van der Waals surface area contributed by atoms with Gasteiger partial charge in [-0.05, 0) is 57.1 Å². The third-order valence-electron chi connectivity index (χ3n) is 6.01. The van der Waals surface area contributed by atoms with E-state index in [4.69, 9.17) is 0 Å². The van der Waals surface area contributed by atoms with Crippen molar-refractivity contribution in [3.63, 3.8) is 0 Å². The van der Waals surface area contributed by atoms with Crippen LogP contribution in [0.3, 0.4) is 0 Å². The minimum Gasteiger partial charge on any atom is -0.368 e. The lowest BCUT2D eigenvalue weighted by molar-refractivity contribution is -0.132. The van der Waals surface area contributed by atoms with E-state index in [-0.39, 0.29) is 5.91 Å². The molecule has 0 radical (unpaired) electrons. The maximum Gasteiger partial charge on any atom is 0.251 e. The lowest BCUT2D eigenvalue weighted by Gasteiger charge is -2.36. The van der Waals surface area contributed by atoms with Gasteiger partial charge in [0, 0.05) is 55.9 Å². The van der Waals surface area contributed by atoms with E-state index >= 15 is 0 Å². The zero-order valence-electron chi connectivity index (χ0n) is 17.5. The minimum absolute atomic E-state index is 0.0228. The molecule has 1 N–H and O–H groups in total. The van der Waals surface area contributed by atoms with Crippen molar-refractivity contribution in [2.24, 2.45) is 5.92 Å². The molecule has 0 spiro atoms. The number of nitrogens with one attached hydrogen (secondary N) is 1. The molecule has 1 heterocycles. The standard InChI is InChI=1S/C22H34N4O2/c1-4-24(5-2)17(3)16-23-21(27)18-8-10-20(11-9-18)25-12-14-26(15-13-25)22(28)19-6-7-19/h8-11,17,19H,4-7,12-16H2,1-3H3,(H,23,27). The largest absolute Gasteiger partial charge is 0.368 e. The van der Waals surface area contributed by atoms with Gasteiger partial charge in [0.2, 0.25) is 5.91 Å². The summed E-state index contributed by atoms with van der Waals surface area (Å²) in [6.07, 6.45) is 2.13. The third kappa shape index (κ3) is 5.04. The summed E-state index contributed by atoms with van der Waals surface area (Å²) in [4.78, 5) is 31.2. The molecule has 154 valence electrons. The van der Waals surface area contributed by atoms with E-state index in [1.54, 1.807) is 0 Å². The smallest absolute Gasteiger partial charge is 0.251 e. The highest BCUT2D eigenvalue weighted by Crippen LogP contribution is 2.31. The van der Waals surface area contributed by atoms with Crippen molar-refractivity contribution < 1.29 is 9.59 Å². The topological polar surface area (TPSA) is 55.9 Å². The number of piperazine rings is 1. The second kappa shape index (κ2) is 9.41. The van der Waals surface area contributed by atoms with Gasteiger partial charge in [-0.3, -0.25) is 14.5 Å². The van der Waals surface area contributed by atoms with Gasteiger partial charge in [-0.25, -0.2) is 0 Å². The van der Waals surface area contributed by atoms with Crippen LogP contribution in [0, 0.1) is 5.92 Å². The first-order valence-corrected chi connectivity index (χ1v) is 10.7. The number of amides is 2. The summed E-state index contributed by atoms with van der Waals surface area (Å²) < 4.78 is 0. The minimum atomic E-state index is -0.0228. The molecule has 28 heavy (non-hydrogen) atoms. The van der Waals surface area contributed by atoms with Crippen molar-refractivity contribution in [1.82, 2.24) is 15.1 Å². The Balaban J connectivity index is 1.48. The number of rotatable bonds is 8. The number of hydrogen-bond acceptors (Lipinski definition) is 4. The third-order valence-corrected chi connectivity index (χ3v) is 6.01. The van der Waals surface area contributed by atoms with Gasteiger partial charge < -0.3 is 15.1 Å². The number of likely N-dealkylation sites (N-methyl/N-ethyl adjacent to an activating group) is 1. The summed E-state index contributed by atoms with van der Waals surface area (Å²) in [6.45, 7) is 12.3. The van der Waals surface area contributed by atoms with Crippen molar-refractivity contribution in [1.29, 1.82) is 0 Å². The Bertz CT molecular complexity index is 660. The van der Waals surface area contributed by atoms with Crippen LogP contribution in [0.1, 0.15) is 44.0 Å². The average molecular weight is 387 g/mol. The number of anilines is 1. The first-order valence-electron chi connectivity index (χ1n) is 10.7. The summed E-state index contributed by atoms with van der Waals surface area (Å²) in [5.41, 5.74) is 1.81. The molecule has 1 aromatic rings. The Hall–Kier alpha value is -2.08. The molecule has 1 saturated heterocycles. The molecule has 1 aromatic carbocycles. The Morgan fingerprint density at radius 2 is 1.68 bits per heavy atom. The monoisotopic (exact) mass is 386 g/mol. The van der Waals surface area contributed by atoms with Crippen LogP contribution in [0.4, 0.5) is 5.69 Å². The fourth-order valence-electron chi connectivity index (χ4n) is 3.92. The summed E-state index contributed by atoms with van der Waals surface area (Å²) >= 11 is 0. The Morgan fingerprint density at radius 3 is 2.21 bits per heavy atom. The molecule has 3 rings (SSSR count). The van der Waals surface area contributed by atoms with E-state index < -0.39 is 0 Å². The molecule has 1 atom stereocenters.